The lowest BCUT2D eigenvalue weighted by Gasteiger charge is -2.30. The number of aromatic nitrogens is 1. The third-order valence-corrected chi connectivity index (χ3v) is 6.74. The minimum atomic E-state index is -0.705. The predicted octanol–water partition coefficient (Wildman–Crippen LogP) is 3.26. The molecule has 4 unspecified atom stereocenters. The van der Waals surface area contributed by atoms with Gasteiger partial charge in [0, 0.05) is 52.9 Å². The lowest BCUT2D eigenvalue weighted by Crippen LogP contribution is -2.47. The smallest absolute Gasteiger partial charge is 0.191 e. The molecule has 0 bridgehead atoms. The molecule has 1 aromatic heterocycles. The zero-order chi connectivity index (χ0) is 18.4. The highest BCUT2D eigenvalue weighted by Gasteiger charge is 2.26. The Morgan fingerprint density at radius 1 is 1.42 bits per heavy atom. The van der Waals surface area contributed by atoms with Gasteiger partial charge in [-0.15, -0.1) is 24.0 Å². The second-order valence-electron chi connectivity index (χ2n) is 6.89. The van der Waals surface area contributed by atoms with Gasteiger partial charge < -0.3 is 15.2 Å². The first-order valence-electron chi connectivity index (χ1n) is 9.23. The third kappa shape index (κ3) is 6.21. The number of hydrogen-bond donors (Lipinski definition) is 2. The fourth-order valence-corrected chi connectivity index (χ4v) is 5.03. The molecule has 0 aliphatic heterocycles. The third-order valence-electron chi connectivity index (χ3n) is 5.00. The van der Waals surface area contributed by atoms with Crippen LogP contribution in [0.4, 0.5) is 0 Å². The van der Waals surface area contributed by atoms with Gasteiger partial charge in [-0.1, -0.05) is 25.4 Å². The molecule has 0 amide bonds. The van der Waals surface area contributed by atoms with E-state index in [1.54, 1.807) is 7.05 Å². The fourth-order valence-electron chi connectivity index (χ4n) is 3.68. The van der Waals surface area contributed by atoms with Gasteiger partial charge in [-0.25, -0.2) is 0 Å². The quantitative estimate of drug-likeness (QED) is 0.359. The SMILES string of the molecule is CCS(=O)C1CCCC(NC(=NC)NCC(C)c2c(C)noc2C)C1.I. The van der Waals surface area contributed by atoms with Crippen LogP contribution < -0.4 is 10.6 Å². The van der Waals surface area contributed by atoms with E-state index in [0.717, 1.165) is 55.4 Å². The van der Waals surface area contributed by atoms with Crippen LogP contribution in [-0.2, 0) is 10.8 Å². The van der Waals surface area contributed by atoms with Crippen LogP contribution in [0.2, 0.25) is 0 Å². The first kappa shape index (κ1) is 23.4. The predicted molar refractivity (Wildman–Crippen MR) is 119 cm³/mol. The van der Waals surface area contributed by atoms with Crippen molar-refractivity contribution >= 4 is 40.7 Å². The van der Waals surface area contributed by atoms with Crippen molar-refractivity contribution in [1.29, 1.82) is 0 Å². The maximum absolute atomic E-state index is 12.1. The molecule has 0 spiro atoms. The van der Waals surface area contributed by atoms with Gasteiger partial charge in [0.25, 0.3) is 0 Å². The molecule has 8 heteroatoms. The van der Waals surface area contributed by atoms with E-state index in [1.807, 2.05) is 20.8 Å². The molecule has 1 saturated carbocycles. The van der Waals surface area contributed by atoms with Crippen LogP contribution >= 0.6 is 24.0 Å². The number of nitrogens with one attached hydrogen (secondary N) is 2. The lowest BCUT2D eigenvalue weighted by atomic mass is 9.95. The van der Waals surface area contributed by atoms with E-state index in [0.29, 0.717) is 11.3 Å². The van der Waals surface area contributed by atoms with Gasteiger partial charge in [0.05, 0.1) is 5.69 Å². The van der Waals surface area contributed by atoms with E-state index in [2.05, 4.69) is 27.7 Å². The summed E-state index contributed by atoms with van der Waals surface area (Å²) in [5.41, 5.74) is 2.12. The average Bonchev–Trinajstić information content (AvgIpc) is 2.96. The number of aryl methyl sites for hydroxylation is 2. The standard InChI is InChI=1S/C18H32N4O2S.HI/c1-6-25(23)16-9-7-8-15(10-16)21-18(19-5)20-11-12(2)17-13(3)22-24-14(17)4;/h12,15-16H,6-11H2,1-5H3,(H2,19,20,21);1H. The van der Waals surface area contributed by atoms with Gasteiger partial charge in [0.15, 0.2) is 5.96 Å². The van der Waals surface area contributed by atoms with Crippen LogP contribution in [0.3, 0.4) is 0 Å². The molecule has 26 heavy (non-hydrogen) atoms. The Morgan fingerprint density at radius 2 is 2.15 bits per heavy atom. The maximum atomic E-state index is 12.1. The summed E-state index contributed by atoms with van der Waals surface area (Å²) in [7, 11) is 1.09. The molecule has 1 fully saturated rings. The lowest BCUT2D eigenvalue weighted by molar-refractivity contribution is 0.391. The number of rotatable bonds is 6. The van der Waals surface area contributed by atoms with Crippen LogP contribution in [0.5, 0.6) is 0 Å². The van der Waals surface area contributed by atoms with Crippen LogP contribution in [-0.4, -0.2) is 46.0 Å². The van der Waals surface area contributed by atoms with Gasteiger partial charge in [0.2, 0.25) is 0 Å². The van der Waals surface area contributed by atoms with Crippen molar-refractivity contribution in [1.82, 2.24) is 15.8 Å². The summed E-state index contributed by atoms with van der Waals surface area (Å²) in [4.78, 5) is 4.35. The highest BCUT2D eigenvalue weighted by Crippen LogP contribution is 2.24. The minimum Gasteiger partial charge on any atom is -0.361 e. The van der Waals surface area contributed by atoms with E-state index < -0.39 is 10.8 Å². The van der Waals surface area contributed by atoms with E-state index in [4.69, 9.17) is 4.52 Å². The summed E-state index contributed by atoms with van der Waals surface area (Å²) >= 11 is 0. The molecule has 0 saturated heterocycles. The van der Waals surface area contributed by atoms with E-state index in [-0.39, 0.29) is 29.9 Å². The van der Waals surface area contributed by atoms with E-state index in [1.165, 1.54) is 5.56 Å². The monoisotopic (exact) mass is 496 g/mol. The summed E-state index contributed by atoms with van der Waals surface area (Å²) in [5.74, 6) is 2.73. The summed E-state index contributed by atoms with van der Waals surface area (Å²) in [6.07, 6.45) is 4.27. The highest BCUT2D eigenvalue weighted by atomic mass is 127. The Labute approximate surface area is 176 Å². The van der Waals surface area contributed by atoms with Crippen molar-refractivity contribution in [2.24, 2.45) is 4.99 Å². The average molecular weight is 496 g/mol. The van der Waals surface area contributed by atoms with Crippen molar-refractivity contribution in [3.8, 4) is 0 Å². The number of halogens is 1. The molecule has 1 aliphatic carbocycles. The molecule has 0 aromatic carbocycles. The summed E-state index contributed by atoms with van der Waals surface area (Å²) in [6.45, 7) is 8.86. The van der Waals surface area contributed by atoms with Crippen LogP contribution in [0.25, 0.3) is 0 Å². The topological polar surface area (TPSA) is 79.5 Å². The van der Waals surface area contributed by atoms with Crippen molar-refractivity contribution in [3.05, 3.63) is 17.0 Å². The second-order valence-corrected chi connectivity index (χ2v) is 8.90. The van der Waals surface area contributed by atoms with Crippen molar-refractivity contribution in [3.63, 3.8) is 0 Å². The van der Waals surface area contributed by atoms with Gasteiger partial charge in [-0.3, -0.25) is 9.20 Å². The Bertz CT molecular complexity index is 601. The van der Waals surface area contributed by atoms with Crippen LogP contribution in [0.1, 0.15) is 62.5 Å². The van der Waals surface area contributed by atoms with Crippen molar-refractivity contribution < 1.29 is 8.73 Å². The number of aliphatic imine (C=N–C) groups is 1. The van der Waals surface area contributed by atoms with Gasteiger partial charge in [-0.2, -0.15) is 0 Å². The first-order chi connectivity index (χ1) is 12.0. The number of nitrogens with zero attached hydrogens (tertiary/aromatic N) is 2. The molecular weight excluding hydrogens is 463 g/mol. The van der Waals surface area contributed by atoms with Crippen molar-refractivity contribution in [2.45, 2.75) is 70.6 Å². The van der Waals surface area contributed by atoms with E-state index in [9.17, 15) is 4.21 Å². The molecule has 6 nitrogen and oxygen atoms in total. The summed E-state index contributed by atoms with van der Waals surface area (Å²) < 4.78 is 17.4. The molecular formula is C18H33IN4O2S. The Hall–Kier alpha value is -0.640. The van der Waals surface area contributed by atoms with Gasteiger partial charge >= 0.3 is 0 Å². The fraction of sp³-hybridized carbons (Fsp3) is 0.778. The number of hydrogen-bond acceptors (Lipinski definition) is 4. The molecule has 4 atom stereocenters. The Kier molecular flexibility index (Phi) is 10.1. The molecule has 0 radical (unpaired) electrons. The second kappa shape index (κ2) is 11.3. The largest absolute Gasteiger partial charge is 0.361 e. The number of guanidine groups is 1. The molecule has 1 aromatic rings. The minimum absolute atomic E-state index is 0. The summed E-state index contributed by atoms with van der Waals surface area (Å²) in [5, 5.41) is 11.3. The zero-order valence-corrected chi connectivity index (χ0v) is 19.6. The van der Waals surface area contributed by atoms with Gasteiger partial charge in [-0.05, 0) is 33.1 Å². The summed E-state index contributed by atoms with van der Waals surface area (Å²) in [6, 6.07) is 0.342. The molecule has 150 valence electrons. The van der Waals surface area contributed by atoms with Gasteiger partial charge in [0.1, 0.15) is 5.76 Å². The van der Waals surface area contributed by atoms with Crippen LogP contribution in [0.15, 0.2) is 9.52 Å². The molecule has 1 heterocycles. The Balaban J connectivity index is 0.00000338. The maximum Gasteiger partial charge on any atom is 0.191 e. The normalized spacial score (nSPS) is 23.0. The van der Waals surface area contributed by atoms with Crippen LogP contribution in [0, 0.1) is 13.8 Å². The first-order valence-corrected chi connectivity index (χ1v) is 10.6. The zero-order valence-electron chi connectivity index (χ0n) is 16.5. The molecule has 2 rings (SSSR count). The van der Waals surface area contributed by atoms with Crippen molar-refractivity contribution in [2.75, 3.05) is 19.3 Å². The molecule has 1 aliphatic rings. The Morgan fingerprint density at radius 3 is 2.73 bits per heavy atom. The molecule has 2 N–H and O–H groups in total. The highest BCUT2D eigenvalue weighted by molar-refractivity contribution is 14.0. The van der Waals surface area contributed by atoms with E-state index >= 15 is 0 Å².